The molecule has 1 aromatic carbocycles. The van der Waals surface area contributed by atoms with E-state index in [1.54, 1.807) is 18.2 Å². The number of nitrogens with zero attached hydrogens (tertiary/aromatic N) is 2. The molecule has 0 fully saturated rings. The molecule has 2 aromatic rings. The molecule has 0 aliphatic heterocycles. The summed E-state index contributed by atoms with van der Waals surface area (Å²) >= 11 is 0. The van der Waals surface area contributed by atoms with Gasteiger partial charge in [-0.15, -0.1) is 0 Å². The number of aryl methyl sites for hydroxylation is 1. The first-order valence-electron chi connectivity index (χ1n) is 6.00. The van der Waals surface area contributed by atoms with Gasteiger partial charge < -0.3 is 20.8 Å². The number of nitrogens with two attached hydrogens (primary N) is 1. The van der Waals surface area contributed by atoms with E-state index in [-0.39, 0.29) is 17.9 Å². The van der Waals surface area contributed by atoms with Crippen molar-refractivity contribution in [3.8, 4) is 0 Å². The lowest BCUT2D eigenvalue weighted by Crippen LogP contribution is -2.18. The predicted octanol–water partition coefficient (Wildman–Crippen LogP) is 1.51. The SMILES string of the molecule is Cc1cc(CNCc2cccc(/C(N)=N/O)c2F)on1. The Morgan fingerprint density at radius 1 is 1.50 bits per heavy atom. The second-order valence-electron chi connectivity index (χ2n) is 4.30. The van der Waals surface area contributed by atoms with E-state index < -0.39 is 5.82 Å². The molecule has 2 rings (SSSR count). The summed E-state index contributed by atoms with van der Waals surface area (Å²) in [5.41, 5.74) is 6.69. The van der Waals surface area contributed by atoms with Crippen molar-refractivity contribution in [1.82, 2.24) is 10.5 Å². The normalized spacial score (nSPS) is 11.8. The summed E-state index contributed by atoms with van der Waals surface area (Å²) in [7, 11) is 0. The highest BCUT2D eigenvalue weighted by Crippen LogP contribution is 2.13. The maximum atomic E-state index is 14.1. The first-order chi connectivity index (χ1) is 9.61. The van der Waals surface area contributed by atoms with E-state index in [1.807, 2.05) is 6.92 Å². The summed E-state index contributed by atoms with van der Waals surface area (Å²) in [4.78, 5) is 0. The number of hydrogen-bond donors (Lipinski definition) is 3. The highest BCUT2D eigenvalue weighted by molar-refractivity contribution is 5.97. The molecule has 7 heteroatoms. The minimum Gasteiger partial charge on any atom is -0.409 e. The Kier molecular flexibility index (Phi) is 4.31. The van der Waals surface area contributed by atoms with Crippen molar-refractivity contribution >= 4 is 5.84 Å². The van der Waals surface area contributed by atoms with E-state index in [2.05, 4.69) is 15.6 Å². The fourth-order valence-electron chi connectivity index (χ4n) is 1.79. The Morgan fingerprint density at radius 3 is 2.95 bits per heavy atom. The smallest absolute Gasteiger partial charge is 0.173 e. The zero-order chi connectivity index (χ0) is 14.5. The van der Waals surface area contributed by atoms with Gasteiger partial charge in [0.1, 0.15) is 5.82 Å². The van der Waals surface area contributed by atoms with Crippen LogP contribution in [0.1, 0.15) is 22.6 Å². The standard InChI is InChI=1S/C13H15FN4O2/c1-8-5-10(20-18-8)7-16-6-9-3-2-4-11(12(9)14)13(15)17-19/h2-5,16,19H,6-7H2,1H3,(H2,15,17). The van der Waals surface area contributed by atoms with Crippen LogP contribution in [0.3, 0.4) is 0 Å². The molecule has 1 heterocycles. The van der Waals surface area contributed by atoms with Crippen LogP contribution in [0.4, 0.5) is 4.39 Å². The first-order valence-corrected chi connectivity index (χ1v) is 6.00. The molecule has 0 aliphatic carbocycles. The van der Waals surface area contributed by atoms with E-state index in [4.69, 9.17) is 15.5 Å². The molecule has 106 valence electrons. The highest BCUT2D eigenvalue weighted by Gasteiger charge is 2.11. The van der Waals surface area contributed by atoms with Crippen molar-refractivity contribution in [2.75, 3.05) is 0 Å². The second kappa shape index (κ2) is 6.16. The van der Waals surface area contributed by atoms with Crippen LogP contribution < -0.4 is 11.1 Å². The Bertz CT molecular complexity index is 625. The zero-order valence-electron chi connectivity index (χ0n) is 10.9. The minimum atomic E-state index is -0.510. The molecule has 6 nitrogen and oxygen atoms in total. The van der Waals surface area contributed by atoms with Crippen molar-refractivity contribution < 1.29 is 14.1 Å². The number of benzene rings is 1. The van der Waals surface area contributed by atoms with Crippen molar-refractivity contribution in [3.05, 3.63) is 52.7 Å². The van der Waals surface area contributed by atoms with Crippen LogP contribution in [-0.4, -0.2) is 16.2 Å². The van der Waals surface area contributed by atoms with Crippen LogP contribution >= 0.6 is 0 Å². The molecule has 0 saturated heterocycles. The molecule has 0 aliphatic rings. The number of aromatic nitrogens is 1. The topological polar surface area (TPSA) is 96.7 Å². The van der Waals surface area contributed by atoms with Crippen LogP contribution in [0.15, 0.2) is 33.9 Å². The van der Waals surface area contributed by atoms with Gasteiger partial charge in [0.2, 0.25) is 0 Å². The summed E-state index contributed by atoms with van der Waals surface area (Å²) in [5.74, 6) is -0.0882. The highest BCUT2D eigenvalue weighted by atomic mass is 19.1. The van der Waals surface area contributed by atoms with Gasteiger partial charge in [-0.25, -0.2) is 4.39 Å². The Morgan fingerprint density at radius 2 is 2.30 bits per heavy atom. The third-order valence-corrected chi connectivity index (χ3v) is 2.75. The maximum Gasteiger partial charge on any atom is 0.173 e. The Balaban J connectivity index is 2.03. The fourth-order valence-corrected chi connectivity index (χ4v) is 1.79. The Hall–Kier alpha value is -2.41. The van der Waals surface area contributed by atoms with Crippen LogP contribution in [0.25, 0.3) is 0 Å². The lowest BCUT2D eigenvalue weighted by molar-refractivity contribution is 0.318. The van der Waals surface area contributed by atoms with Gasteiger partial charge in [-0.1, -0.05) is 22.4 Å². The predicted molar refractivity (Wildman–Crippen MR) is 70.7 cm³/mol. The van der Waals surface area contributed by atoms with Crippen molar-refractivity contribution in [2.24, 2.45) is 10.9 Å². The lowest BCUT2D eigenvalue weighted by Gasteiger charge is -2.07. The summed E-state index contributed by atoms with van der Waals surface area (Å²) in [6.07, 6.45) is 0. The number of amidine groups is 1. The molecule has 0 radical (unpaired) electrons. The third kappa shape index (κ3) is 3.12. The van der Waals surface area contributed by atoms with Gasteiger partial charge in [0.15, 0.2) is 11.6 Å². The van der Waals surface area contributed by atoms with Gasteiger partial charge in [-0.2, -0.15) is 0 Å². The number of rotatable bonds is 5. The molecule has 0 saturated carbocycles. The molecule has 1 aromatic heterocycles. The van der Waals surface area contributed by atoms with Gasteiger partial charge in [0.05, 0.1) is 17.8 Å². The number of nitrogens with one attached hydrogen (secondary N) is 1. The molecule has 0 spiro atoms. The average molecular weight is 278 g/mol. The van der Waals surface area contributed by atoms with E-state index in [0.29, 0.717) is 17.9 Å². The van der Waals surface area contributed by atoms with Gasteiger partial charge in [-0.05, 0) is 13.0 Å². The third-order valence-electron chi connectivity index (χ3n) is 2.75. The van der Waals surface area contributed by atoms with Crippen molar-refractivity contribution in [1.29, 1.82) is 0 Å². The molecule has 0 unspecified atom stereocenters. The molecule has 20 heavy (non-hydrogen) atoms. The summed E-state index contributed by atoms with van der Waals surface area (Å²) in [5, 5.41) is 18.2. The average Bonchev–Trinajstić information content (AvgIpc) is 2.85. The van der Waals surface area contributed by atoms with Gasteiger partial charge in [-0.3, -0.25) is 0 Å². The summed E-state index contributed by atoms with van der Waals surface area (Å²) in [6.45, 7) is 2.55. The van der Waals surface area contributed by atoms with Crippen LogP contribution in [0.2, 0.25) is 0 Å². The molecule has 0 amide bonds. The largest absolute Gasteiger partial charge is 0.409 e. The minimum absolute atomic E-state index is 0.0716. The van der Waals surface area contributed by atoms with Crippen molar-refractivity contribution in [3.63, 3.8) is 0 Å². The summed E-state index contributed by atoms with van der Waals surface area (Å²) in [6, 6.07) is 6.53. The zero-order valence-corrected chi connectivity index (χ0v) is 10.9. The lowest BCUT2D eigenvalue weighted by atomic mass is 10.1. The van der Waals surface area contributed by atoms with E-state index >= 15 is 0 Å². The molecule has 0 bridgehead atoms. The monoisotopic (exact) mass is 278 g/mol. The number of oxime groups is 1. The van der Waals surface area contributed by atoms with Crippen LogP contribution in [-0.2, 0) is 13.1 Å². The molecular formula is C13H15FN4O2. The molecule has 4 N–H and O–H groups in total. The van der Waals surface area contributed by atoms with Crippen molar-refractivity contribution in [2.45, 2.75) is 20.0 Å². The Labute approximate surface area is 115 Å². The fraction of sp³-hybridized carbons (Fsp3) is 0.231. The van der Waals surface area contributed by atoms with E-state index in [0.717, 1.165) is 5.69 Å². The van der Waals surface area contributed by atoms with Crippen LogP contribution in [0.5, 0.6) is 0 Å². The number of hydrogen-bond acceptors (Lipinski definition) is 5. The van der Waals surface area contributed by atoms with Gasteiger partial charge >= 0.3 is 0 Å². The van der Waals surface area contributed by atoms with Gasteiger partial charge in [0.25, 0.3) is 0 Å². The molecule has 0 atom stereocenters. The second-order valence-corrected chi connectivity index (χ2v) is 4.30. The first kappa shape index (κ1) is 14.0. The maximum absolute atomic E-state index is 14.1. The van der Waals surface area contributed by atoms with E-state index in [9.17, 15) is 4.39 Å². The van der Waals surface area contributed by atoms with E-state index in [1.165, 1.54) is 6.07 Å². The molecular weight excluding hydrogens is 263 g/mol. The quantitative estimate of drug-likeness (QED) is 0.333. The van der Waals surface area contributed by atoms with Crippen LogP contribution in [0, 0.1) is 12.7 Å². The number of halogens is 1. The van der Waals surface area contributed by atoms with Gasteiger partial charge in [0, 0.05) is 18.2 Å². The summed E-state index contributed by atoms with van der Waals surface area (Å²) < 4.78 is 19.1.